The molecule has 0 bridgehead atoms. The van der Waals surface area contributed by atoms with Gasteiger partial charge < -0.3 is 11.1 Å². The number of amides is 1. The number of hydrogen-bond acceptors (Lipinski definition) is 3. The molecule has 1 aliphatic carbocycles. The van der Waals surface area contributed by atoms with E-state index in [0.717, 1.165) is 30.4 Å². The second-order valence-electron chi connectivity index (χ2n) is 4.49. The maximum absolute atomic E-state index is 11.8. The van der Waals surface area contributed by atoms with E-state index in [4.69, 9.17) is 5.73 Å². The van der Waals surface area contributed by atoms with Crippen molar-refractivity contribution in [2.24, 2.45) is 5.73 Å². The molecule has 86 valence electrons. The van der Waals surface area contributed by atoms with Crippen LogP contribution in [0.15, 0.2) is 18.5 Å². The molecule has 1 aromatic rings. The Bertz CT molecular complexity index is 399. The summed E-state index contributed by atoms with van der Waals surface area (Å²) in [5.74, 6) is -0.0398. The monoisotopic (exact) mass is 219 g/mol. The Morgan fingerprint density at radius 1 is 1.62 bits per heavy atom. The maximum Gasteiger partial charge on any atom is 0.240 e. The van der Waals surface area contributed by atoms with Gasteiger partial charge in [0.1, 0.15) is 0 Å². The molecule has 1 amide bonds. The number of rotatable bonds is 3. The zero-order chi connectivity index (χ0) is 11.6. The zero-order valence-electron chi connectivity index (χ0n) is 9.49. The Kier molecular flexibility index (Phi) is 2.92. The molecule has 3 N–H and O–H groups in total. The Morgan fingerprint density at radius 2 is 2.38 bits per heavy atom. The van der Waals surface area contributed by atoms with Crippen molar-refractivity contribution in [2.75, 3.05) is 0 Å². The summed E-state index contributed by atoms with van der Waals surface area (Å²) < 4.78 is 0. The van der Waals surface area contributed by atoms with Gasteiger partial charge in [0.2, 0.25) is 5.91 Å². The number of nitrogens with two attached hydrogens (primary N) is 1. The van der Waals surface area contributed by atoms with Gasteiger partial charge in [-0.25, -0.2) is 0 Å². The first-order chi connectivity index (χ1) is 7.62. The highest BCUT2D eigenvalue weighted by Gasteiger charge is 2.39. The van der Waals surface area contributed by atoms with E-state index >= 15 is 0 Å². The number of aryl methyl sites for hydroxylation is 1. The minimum Gasteiger partial charge on any atom is -0.350 e. The second kappa shape index (κ2) is 4.22. The summed E-state index contributed by atoms with van der Waals surface area (Å²) in [5, 5.41) is 2.88. The minimum atomic E-state index is -0.615. The van der Waals surface area contributed by atoms with E-state index in [-0.39, 0.29) is 5.91 Å². The van der Waals surface area contributed by atoms with Crippen LogP contribution in [0.1, 0.15) is 30.4 Å². The van der Waals surface area contributed by atoms with E-state index in [2.05, 4.69) is 10.3 Å². The Balaban J connectivity index is 1.93. The van der Waals surface area contributed by atoms with Crippen molar-refractivity contribution >= 4 is 5.91 Å². The lowest BCUT2D eigenvalue weighted by Crippen LogP contribution is -2.58. The van der Waals surface area contributed by atoms with Gasteiger partial charge in [-0.1, -0.05) is 0 Å². The Labute approximate surface area is 95.3 Å². The van der Waals surface area contributed by atoms with Gasteiger partial charge in [-0.3, -0.25) is 9.78 Å². The SMILES string of the molecule is Cc1ccncc1CNC(=O)C1(N)CCC1. The lowest BCUT2D eigenvalue weighted by atomic mass is 9.77. The third-order valence-corrected chi connectivity index (χ3v) is 3.28. The normalized spacial score (nSPS) is 17.6. The number of nitrogens with one attached hydrogen (secondary N) is 1. The first-order valence-corrected chi connectivity index (χ1v) is 5.58. The van der Waals surface area contributed by atoms with Crippen LogP contribution < -0.4 is 11.1 Å². The van der Waals surface area contributed by atoms with E-state index < -0.39 is 5.54 Å². The molecule has 1 aliphatic rings. The highest BCUT2D eigenvalue weighted by atomic mass is 16.2. The van der Waals surface area contributed by atoms with E-state index in [1.165, 1.54) is 0 Å². The predicted molar refractivity (Wildman–Crippen MR) is 61.6 cm³/mol. The van der Waals surface area contributed by atoms with Crippen molar-refractivity contribution < 1.29 is 4.79 Å². The van der Waals surface area contributed by atoms with Crippen LogP contribution in [0.4, 0.5) is 0 Å². The van der Waals surface area contributed by atoms with E-state index in [1.54, 1.807) is 12.4 Å². The van der Waals surface area contributed by atoms with Crippen LogP contribution in [0.25, 0.3) is 0 Å². The molecule has 1 heterocycles. The molecule has 4 heteroatoms. The van der Waals surface area contributed by atoms with Gasteiger partial charge in [0, 0.05) is 18.9 Å². The standard InChI is InChI=1S/C12H17N3O/c1-9-3-6-14-7-10(9)8-15-11(16)12(13)4-2-5-12/h3,6-7H,2,4-5,8,13H2,1H3,(H,15,16). The van der Waals surface area contributed by atoms with Crippen molar-refractivity contribution in [1.82, 2.24) is 10.3 Å². The van der Waals surface area contributed by atoms with Gasteiger partial charge in [0.25, 0.3) is 0 Å². The van der Waals surface area contributed by atoms with Crippen molar-refractivity contribution in [1.29, 1.82) is 0 Å². The van der Waals surface area contributed by atoms with Crippen molar-refractivity contribution in [3.8, 4) is 0 Å². The number of aromatic nitrogens is 1. The molecule has 1 fully saturated rings. The highest BCUT2D eigenvalue weighted by Crippen LogP contribution is 2.29. The lowest BCUT2D eigenvalue weighted by Gasteiger charge is -2.36. The average Bonchev–Trinajstić information content (AvgIpc) is 2.24. The summed E-state index contributed by atoms with van der Waals surface area (Å²) in [6.07, 6.45) is 6.17. The smallest absolute Gasteiger partial charge is 0.240 e. The van der Waals surface area contributed by atoms with Crippen molar-refractivity contribution in [3.63, 3.8) is 0 Å². The highest BCUT2D eigenvalue weighted by molar-refractivity contribution is 5.86. The lowest BCUT2D eigenvalue weighted by molar-refractivity contribution is -0.129. The molecule has 0 aliphatic heterocycles. The number of nitrogens with zero attached hydrogens (tertiary/aromatic N) is 1. The number of pyridine rings is 1. The fraction of sp³-hybridized carbons (Fsp3) is 0.500. The molecule has 16 heavy (non-hydrogen) atoms. The summed E-state index contributed by atoms with van der Waals surface area (Å²) in [6.45, 7) is 2.52. The van der Waals surface area contributed by atoms with Crippen LogP contribution in [0.2, 0.25) is 0 Å². The third kappa shape index (κ3) is 2.07. The molecule has 0 atom stereocenters. The summed E-state index contributed by atoms with van der Waals surface area (Å²) >= 11 is 0. The summed E-state index contributed by atoms with van der Waals surface area (Å²) in [4.78, 5) is 15.8. The molecule has 4 nitrogen and oxygen atoms in total. The Morgan fingerprint density at radius 3 is 2.94 bits per heavy atom. The van der Waals surface area contributed by atoms with Crippen molar-refractivity contribution in [2.45, 2.75) is 38.3 Å². The molecule has 0 radical (unpaired) electrons. The topological polar surface area (TPSA) is 68.0 Å². The van der Waals surface area contributed by atoms with Gasteiger partial charge in [-0.05, 0) is 43.4 Å². The fourth-order valence-electron chi connectivity index (χ4n) is 1.82. The van der Waals surface area contributed by atoms with Crippen LogP contribution in [-0.4, -0.2) is 16.4 Å². The van der Waals surface area contributed by atoms with Gasteiger partial charge in [-0.15, -0.1) is 0 Å². The molecule has 2 rings (SSSR count). The number of carbonyl (C=O) groups is 1. The number of carbonyl (C=O) groups excluding carboxylic acids is 1. The Hall–Kier alpha value is -1.42. The zero-order valence-corrected chi connectivity index (χ0v) is 9.49. The third-order valence-electron chi connectivity index (χ3n) is 3.28. The van der Waals surface area contributed by atoms with E-state index in [1.807, 2.05) is 13.0 Å². The largest absolute Gasteiger partial charge is 0.350 e. The molecule has 0 unspecified atom stereocenters. The average molecular weight is 219 g/mol. The second-order valence-corrected chi connectivity index (χ2v) is 4.49. The molecular formula is C12H17N3O. The minimum absolute atomic E-state index is 0.0398. The van der Waals surface area contributed by atoms with Gasteiger partial charge in [-0.2, -0.15) is 0 Å². The molecule has 0 spiro atoms. The van der Waals surface area contributed by atoms with E-state index in [0.29, 0.717) is 6.54 Å². The predicted octanol–water partition coefficient (Wildman–Crippen LogP) is 0.888. The van der Waals surface area contributed by atoms with Gasteiger partial charge >= 0.3 is 0 Å². The summed E-state index contributed by atoms with van der Waals surface area (Å²) in [6, 6.07) is 1.93. The van der Waals surface area contributed by atoms with Crippen LogP contribution in [-0.2, 0) is 11.3 Å². The summed E-state index contributed by atoms with van der Waals surface area (Å²) in [5.41, 5.74) is 7.48. The van der Waals surface area contributed by atoms with Crippen LogP contribution in [0.3, 0.4) is 0 Å². The molecular weight excluding hydrogens is 202 g/mol. The quantitative estimate of drug-likeness (QED) is 0.793. The molecule has 0 aromatic carbocycles. The van der Waals surface area contributed by atoms with Crippen LogP contribution >= 0.6 is 0 Å². The first kappa shape index (κ1) is 11.1. The van der Waals surface area contributed by atoms with E-state index in [9.17, 15) is 4.79 Å². The number of hydrogen-bond donors (Lipinski definition) is 2. The van der Waals surface area contributed by atoms with Gasteiger partial charge in [0.05, 0.1) is 5.54 Å². The van der Waals surface area contributed by atoms with Crippen LogP contribution in [0.5, 0.6) is 0 Å². The maximum atomic E-state index is 11.8. The molecule has 1 saturated carbocycles. The molecule has 1 aromatic heterocycles. The van der Waals surface area contributed by atoms with Crippen LogP contribution in [0, 0.1) is 6.92 Å². The molecule has 0 saturated heterocycles. The fourth-order valence-corrected chi connectivity index (χ4v) is 1.82. The van der Waals surface area contributed by atoms with Crippen molar-refractivity contribution in [3.05, 3.63) is 29.6 Å². The van der Waals surface area contributed by atoms with Gasteiger partial charge in [0.15, 0.2) is 0 Å². The summed E-state index contributed by atoms with van der Waals surface area (Å²) in [7, 11) is 0. The first-order valence-electron chi connectivity index (χ1n) is 5.58.